The minimum absolute atomic E-state index is 0.0181. The summed E-state index contributed by atoms with van der Waals surface area (Å²) in [6.07, 6.45) is 5.89. The zero-order valence-electron chi connectivity index (χ0n) is 14.4. The molecule has 0 bridgehead atoms. The number of benzene rings is 1. The third-order valence-corrected chi connectivity index (χ3v) is 5.50. The van der Waals surface area contributed by atoms with Crippen LogP contribution in [-0.4, -0.2) is 51.8 Å². The number of carbonyl (C=O) groups excluding carboxylic acids is 1. The summed E-state index contributed by atoms with van der Waals surface area (Å²) in [6, 6.07) is 10.4. The van der Waals surface area contributed by atoms with Crippen molar-refractivity contribution in [3.63, 3.8) is 0 Å². The number of aliphatic hydroxyl groups is 1. The SMILES string of the molecule is O=C(C1CC(Cn2ccc3ccccc32)NN1)N1CCCCC1CO. The number of rotatable bonds is 4. The van der Waals surface area contributed by atoms with Gasteiger partial charge in [0.05, 0.1) is 12.6 Å². The fourth-order valence-corrected chi connectivity index (χ4v) is 4.12. The highest BCUT2D eigenvalue weighted by atomic mass is 16.3. The summed E-state index contributed by atoms with van der Waals surface area (Å²) in [7, 11) is 0. The molecule has 1 aromatic carbocycles. The van der Waals surface area contributed by atoms with Gasteiger partial charge in [0.25, 0.3) is 0 Å². The number of carbonyl (C=O) groups is 1. The number of nitrogens with zero attached hydrogens (tertiary/aromatic N) is 2. The predicted octanol–water partition coefficient (Wildman–Crippen LogP) is 1.25. The summed E-state index contributed by atoms with van der Waals surface area (Å²) >= 11 is 0. The van der Waals surface area contributed by atoms with E-state index in [1.54, 1.807) is 0 Å². The molecule has 4 rings (SSSR count). The van der Waals surface area contributed by atoms with Crippen LogP contribution in [0.25, 0.3) is 10.9 Å². The number of fused-ring (bicyclic) bond motifs is 1. The van der Waals surface area contributed by atoms with Crippen molar-refractivity contribution in [2.24, 2.45) is 0 Å². The summed E-state index contributed by atoms with van der Waals surface area (Å²) in [4.78, 5) is 14.7. The van der Waals surface area contributed by atoms with E-state index < -0.39 is 0 Å². The third kappa shape index (κ3) is 3.29. The second-order valence-corrected chi connectivity index (χ2v) is 7.16. The van der Waals surface area contributed by atoms with E-state index in [-0.39, 0.29) is 30.6 Å². The van der Waals surface area contributed by atoms with Gasteiger partial charge in [-0.1, -0.05) is 18.2 Å². The summed E-state index contributed by atoms with van der Waals surface area (Å²) in [6.45, 7) is 1.65. The largest absolute Gasteiger partial charge is 0.394 e. The van der Waals surface area contributed by atoms with Gasteiger partial charge in [0, 0.05) is 30.8 Å². The first kappa shape index (κ1) is 16.6. The van der Waals surface area contributed by atoms with Crippen LogP contribution in [0.15, 0.2) is 36.5 Å². The summed E-state index contributed by atoms with van der Waals surface area (Å²) < 4.78 is 2.24. The maximum atomic E-state index is 12.8. The Morgan fingerprint density at radius 2 is 2.08 bits per heavy atom. The normalized spacial score (nSPS) is 27.1. The molecule has 2 fully saturated rings. The van der Waals surface area contributed by atoms with Gasteiger partial charge in [-0.2, -0.15) is 0 Å². The number of amides is 1. The Labute approximate surface area is 147 Å². The fraction of sp³-hybridized carbons (Fsp3) is 0.526. The first-order chi connectivity index (χ1) is 12.3. The number of hydrogen-bond donors (Lipinski definition) is 3. The maximum absolute atomic E-state index is 12.8. The van der Waals surface area contributed by atoms with Crippen LogP contribution >= 0.6 is 0 Å². The van der Waals surface area contributed by atoms with E-state index in [4.69, 9.17) is 0 Å². The zero-order chi connectivity index (χ0) is 17.2. The molecule has 6 heteroatoms. The standard InChI is InChI=1S/C19H26N4O2/c24-13-16-6-3-4-9-23(16)19(25)17-11-15(20-21-17)12-22-10-8-14-5-1-2-7-18(14)22/h1-2,5,7-8,10,15-17,20-21,24H,3-4,6,9,11-13H2. The fourth-order valence-electron chi connectivity index (χ4n) is 4.12. The molecule has 3 heterocycles. The van der Waals surface area contributed by atoms with Crippen LogP contribution in [0.3, 0.4) is 0 Å². The Bertz CT molecular complexity index is 744. The van der Waals surface area contributed by atoms with Crippen LogP contribution in [0, 0.1) is 0 Å². The van der Waals surface area contributed by atoms with Crippen molar-refractivity contribution in [3.8, 4) is 0 Å². The molecule has 0 saturated carbocycles. The first-order valence-corrected chi connectivity index (χ1v) is 9.22. The molecular formula is C19H26N4O2. The summed E-state index contributed by atoms with van der Waals surface area (Å²) in [5, 5.41) is 10.8. The molecule has 1 aromatic heterocycles. The van der Waals surface area contributed by atoms with Crippen LogP contribution in [0.2, 0.25) is 0 Å². The zero-order valence-corrected chi connectivity index (χ0v) is 14.4. The lowest BCUT2D eigenvalue weighted by Crippen LogP contribution is -2.52. The number of likely N-dealkylation sites (tertiary alicyclic amines) is 1. The van der Waals surface area contributed by atoms with Crippen molar-refractivity contribution in [1.82, 2.24) is 20.3 Å². The molecule has 0 spiro atoms. The lowest BCUT2D eigenvalue weighted by Gasteiger charge is -2.36. The minimum Gasteiger partial charge on any atom is -0.394 e. The number of hydrogen-bond acceptors (Lipinski definition) is 4. The summed E-state index contributed by atoms with van der Waals surface area (Å²) in [5.41, 5.74) is 7.67. The van der Waals surface area contributed by atoms with Crippen LogP contribution in [0.5, 0.6) is 0 Å². The molecule has 0 aliphatic carbocycles. The number of aliphatic hydroxyl groups excluding tert-OH is 1. The molecule has 25 heavy (non-hydrogen) atoms. The van der Waals surface area contributed by atoms with Crippen molar-refractivity contribution < 1.29 is 9.90 Å². The number of hydrazine groups is 1. The molecular weight excluding hydrogens is 316 g/mol. The molecule has 2 aromatic rings. The summed E-state index contributed by atoms with van der Waals surface area (Å²) in [5.74, 6) is 0.117. The van der Waals surface area contributed by atoms with Gasteiger partial charge in [-0.25, -0.2) is 5.43 Å². The van der Waals surface area contributed by atoms with Crippen LogP contribution in [0.4, 0.5) is 0 Å². The van der Waals surface area contributed by atoms with Gasteiger partial charge in [0.15, 0.2) is 0 Å². The molecule has 3 N–H and O–H groups in total. The second kappa shape index (κ2) is 7.15. The van der Waals surface area contributed by atoms with Crippen molar-refractivity contribution >= 4 is 16.8 Å². The Morgan fingerprint density at radius 3 is 2.96 bits per heavy atom. The maximum Gasteiger partial charge on any atom is 0.241 e. The van der Waals surface area contributed by atoms with E-state index in [1.807, 2.05) is 11.0 Å². The average molecular weight is 342 g/mol. The lowest BCUT2D eigenvalue weighted by atomic mass is 10.0. The van der Waals surface area contributed by atoms with Crippen molar-refractivity contribution in [2.45, 2.75) is 50.4 Å². The molecule has 0 radical (unpaired) electrons. The monoisotopic (exact) mass is 342 g/mol. The van der Waals surface area contributed by atoms with Crippen LogP contribution in [-0.2, 0) is 11.3 Å². The van der Waals surface area contributed by atoms with Gasteiger partial charge in [-0.05, 0) is 43.2 Å². The Morgan fingerprint density at radius 1 is 1.20 bits per heavy atom. The molecule has 2 saturated heterocycles. The highest BCUT2D eigenvalue weighted by molar-refractivity contribution is 5.83. The van der Waals surface area contributed by atoms with Gasteiger partial charge in [-0.3, -0.25) is 10.2 Å². The number of aromatic nitrogens is 1. The molecule has 6 nitrogen and oxygen atoms in total. The highest BCUT2D eigenvalue weighted by Crippen LogP contribution is 2.21. The van der Waals surface area contributed by atoms with E-state index in [2.05, 4.69) is 45.9 Å². The average Bonchev–Trinajstić information content (AvgIpc) is 3.29. The Balaban J connectivity index is 1.40. The van der Waals surface area contributed by atoms with Gasteiger partial charge in [-0.15, -0.1) is 0 Å². The second-order valence-electron chi connectivity index (χ2n) is 7.16. The van der Waals surface area contributed by atoms with Crippen molar-refractivity contribution in [3.05, 3.63) is 36.5 Å². The van der Waals surface area contributed by atoms with Gasteiger partial charge in [0.2, 0.25) is 5.91 Å². The first-order valence-electron chi connectivity index (χ1n) is 9.22. The highest BCUT2D eigenvalue weighted by Gasteiger charge is 2.35. The molecule has 1 amide bonds. The lowest BCUT2D eigenvalue weighted by molar-refractivity contribution is -0.138. The molecule has 3 unspecified atom stereocenters. The van der Waals surface area contributed by atoms with E-state index in [0.717, 1.165) is 38.8 Å². The van der Waals surface area contributed by atoms with E-state index in [9.17, 15) is 9.90 Å². The van der Waals surface area contributed by atoms with Crippen molar-refractivity contribution in [2.75, 3.05) is 13.2 Å². The van der Waals surface area contributed by atoms with Gasteiger partial charge >= 0.3 is 0 Å². The molecule has 3 atom stereocenters. The van der Waals surface area contributed by atoms with E-state index in [1.165, 1.54) is 10.9 Å². The van der Waals surface area contributed by atoms with Crippen LogP contribution < -0.4 is 10.9 Å². The Kier molecular flexibility index (Phi) is 4.74. The van der Waals surface area contributed by atoms with Gasteiger partial charge < -0.3 is 14.6 Å². The van der Waals surface area contributed by atoms with E-state index in [0.29, 0.717) is 0 Å². The smallest absolute Gasteiger partial charge is 0.241 e. The van der Waals surface area contributed by atoms with Gasteiger partial charge in [0.1, 0.15) is 6.04 Å². The van der Waals surface area contributed by atoms with Crippen LogP contribution in [0.1, 0.15) is 25.7 Å². The molecule has 2 aliphatic rings. The molecule has 2 aliphatic heterocycles. The number of piperidine rings is 1. The quantitative estimate of drug-likeness (QED) is 0.782. The predicted molar refractivity (Wildman–Crippen MR) is 96.8 cm³/mol. The number of nitrogens with one attached hydrogen (secondary N) is 2. The topological polar surface area (TPSA) is 69.5 Å². The van der Waals surface area contributed by atoms with E-state index >= 15 is 0 Å². The minimum atomic E-state index is -0.209. The number of para-hydroxylation sites is 1. The molecule has 134 valence electrons. The third-order valence-electron chi connectivity index (χ3n) is 5.50. The Hall–Kier alpha value is -1.89. The van der Waals surface area contributed by atoms with Crippen molar-refractivity contribution in [1.29, 1.82) is 0 Å².